The van der Waals surface area contributed by atoms with E-state index in [2.05, 4.69) is 10.3 Å². The number of hydrogen-bond donors (Lipinski definition) is 1. The third kappa shape index (κ3) is 3.07. The van der Waals surface area contributed by atoms with Crippen LogP contribution < -0.4 is 5.32 Å². The molecule has 1 aromatic heterocycles. The Morgan fingerprint density at radius 2 is 2.10 bits per heavy atom. The van der Waals surface area contributed by atoms with Gasteiger partial charge in [0.15, 0.2) is 0 Å². The van der Waals surface area contributed by atoms with Crippen molar-refractivity contribution >= 4 is 28.9 Å². The predicted molar refractivity (Wildman–Crippen MR) is 70.3 cm³/mol. The zero-order valence-electron chi connectivity index (χ0n) is 9.84. The molecule has 0 bridgehead atoms. The van der Waals surface area contributed by atoms with E-state index in [1.54, 1.807) is 0 Å². The molecule has 2 aromatic rings. The van der Waals surface area contributed by atoms with Crippen molar-refractivity contribution in [3.63, 3.8) is 0 Å². The second-order valence-electron chi connectivity index (χ2n) is 3.74. The van der Waals surface area contributed by atoms with E-state index in [0.717, 1.165) is 18.3 Å². The number of aromatic nitrogens is 1. The van der Waals surface area contributed by atoms with Crippen LogP contribution in [0.3, 0.4) is 0 Å². The van der Waals surface area contributed by atoms with Gasteiger partial charge in [-0.2, -0.15) is 4.39 Å². The van der Waals surface area contributed by atoms with Gasteiger partial charge in [0, 0.05) is 17.3 Å². The van der Waals surface area contributed by atoms with E-state index >= 15 is 0 Å². The van der Waals surface area contributed by atoms with Gasteiger partial charge in [-0.15, -0.1) is 0 Å². The van der Waals surface area contributed by atoms with Gasteiger partial charge in [0.05, 0.1) is 10.5 Å². The molecule has 0 atom stereocenters. The van der Waals surface area contributed by atoms with Crippen molar-refractivity contribution in [2.75, 3.05) is 5.32 Å². The van der Waals surface area contributed by atoms with Gasteiger partial charge in [-0.05, 0) is 24.3 Å². The van der Waals surface area contributed by atoms with E-state index in [9.17, 15) is 19.3 Å². The lowest BCUT2D eigenvalue weighted by Crippen LogP contribution is -2.13. The minimum Gasteiger partial charge on any atom is -0.316 e. The number of benzene rings is 1. The van der Waals surface area contributed by atoms with Crippen molar-refractivity contribution in [2.24, 2.45) is 0 Å². The highest BCUT2D eigenvalue weighted by molar-refractivity contribution is 6.31. The molecular weight excluding hydrogens is 289 g/mol. The monoisotopic (exact) mass is 295 g/mol. The van der Waals surface area contributed by atoms with Crippen LogP contribution in [0.1, 0.15) is 10.4 Å². The van der Waals surface area contributed by atoms with E-state index < -0.39 is 16.8 Å². The van der Waals surface area contributed by atoms with Gasteiger partial charge in [0.2, 0.25) is 5.95 Å². The Morgan fingerprint density at radius 1 is 1.35 bits per heavy atom. The molecule has 0 aliphatic rings. The standard InChI is InChI=1S/C12H7ClFN3O3/c13-8-2-3-9(10(5-8)17(19)20)16-12(18)7-1-4-11(14)15-6-7/h1-6H,(H,16,18). The zero-order chi connectivity index (χ0) is 14.7. The minimum atomic E-state index is -0.723. The van der Waals surface area contributed by atoms with Crippen LogP contribution in [0.25, 0.3) is 0 Å². The van der Waals surface area contributed by atoms with Gasteiger partial charge in [-0.1, -0.05) is 11.6 Å². The van der Waals surface area contributed by atoms with Gasteiger partial charge in [0.25, 0.3) is 11.6 Å². The molecule has 1 aromatic carbocycles. The second-order valence-corrected chi connectivity index (χ2v) is 4.18. The largest absolute Gasteiger partial charge is 0.316 e. The number of carbonyl (C=O) groups is 1. The van der Waals surface area contributed by atoms with Crippen LogP contribution in [0, 0.1) is 16.1 Å². The Labute approximate surface area is 117 Å². The minimum absolute atomic E-state index is 0.00581. The highest BCUT2D eigenvalue weighted by Gasteiger charge is 2.17. The average molecular weight is 296 g/mol. The van der Waals surface area contributed by atoms with Crippen molar-refractivity contribution in [3.05, 3.63) is 63.2 Å². The lowest BCUT2D eigenvalue weighted by molar-refractivity contribution is -0.383. The first-order valence-electron chi connectivity index (χ1n) is 5.34. The summed E-state index contributed by atoms with van der Waals surface area (Å²) in [5.41, 5.74) is -0.259. The summed E-state index contributed by atoms with van der Waals surface area (Å²) in [6, 6.07) is 6.09. The van der Waals surface area contributed by atoms with Crippen LogP contribution in [0.2, 0.25) is 5.02 Å². The van der Waals surface area contributed by atoms with Gasteiger partial charge >= 0.3 is 0 Å². The van der Waals surface area contributed by atoms with Crippen molar-refractivity contribution < 1.29 is 14.1 Å². The third-order valence-electron chi connectivity index (χ3n) is 2.39. The molecule has 1 heterocycles. The fraction of sp³-hybridized carbons (Fsp3) is 0. The van der Waals surface area contributed by atoms with Crippen LogP contribution in [0.15, 0.2) is 36.5 Å². The second kappa shape index (κ2) is 5.62. The maximum Gasteiger partial charge on any atom is 0.294 e. The van der Waals surface area contributed by atoms with Gasteiger partial charge < -0.3 is 5.32 Å². The Morgan fingerprint density at radius 3 is 2.70 bits per heavy atom. The molecule has 0 spiro atoms. The molecule has 2 rings (SSSR count). The number of nitrogens with zero attached hydrogens (tertiary/aromatic N) is 2. The Balaban J connectivity index is 2.28. The Bertz CT molecular complexity index is 676. The SMILES string of the molecule is O=C(Nc1ccc(Cl)cc1[N+](=O)[O-])c1ccc(F)nc1. The first-order valence-corrected chi connectivity index (χ1v) is 5.72. The Hall–Kier alpha value is -2.54. The zero-order valence-corrected chi connectivity index (χ0v) is 10.6. The van der Waals surface area contributed by atoms with Crippen molar-refractivity contribution in [1.29, 1.82) is 0 Å². The Kier molecular flexibility index (Phi) is 3.90. The van der Waals surface area contributed by atoms with E-state index in [1.807, 2.05) is 0 Å². The molecular formula is C12H7ClFN3O3. The summed E-state index contributed by atoms with van der Waals surface area (Å²) in [6.07, 6.45) is 1.03. The average Bonchev–Trinajstić information content (AvgIpc) is 2.41. The lowest BCUT2D eigenvalue weighted by Gasteiger charge is -2.06. The fourth-order valence-corrected chi connectivity index (χ4v) is 1.63. The van der Waals surface area contributed by atoms with E-state index in [0.29, 0.717) is 0 Å². The van der Waals surface area contributed by atoms with E-state index in [-0.39, 0.29) is 22.0 Å². The number of pyridine rings is 1. The van der Waals surface area contributed by atoms with Crippen LogP contribution in [-0.4, -0.2) is 15.8 Å². The first-order chi connectivity index (χ1) is 9.47. The molecule has 0 radical (unpaired) electrons. The topological polar surface area (TPSA) is 85.1 Å². The molecule has 1 amide bonds. The van der Waals surface area contributed by atoms with Crippen LogP contribution in [-0.2, 0) is 0 Å². The molecule has 8 heteroatoms. The molecule has 0 unspecified atom stereocenters. The molecule has 0 aliphatic heterocycles. The highest BCUT2D eigenvalue weighted by Crippen LogP contribution is 2.28. The lowest BCUT2D eigenvalue weighted by atomic mass is 10.2. The number of rotatable bonds is 3. The summed E-state index contributed by atoms with van der Waals surface area (Å²) in [5.74, 6) is -1.36. The quantitative estimate of drug-likeness (QED) is 0.536. The molecule has 1 N–H and O–H groups in total. The maximum atomic E-state index is 12.6. The van der Waals surface area contributed by atoms with E-state index in [4.69, 9.17) is 11.6 Å². The molecule has 0 aliphatic carbocycles. The molecule has 0 saturated heterocycles. The van der Waals surface area contributed by atoms with Crippen LogP contribution >= 0.6 is 11.6 Å². The molecule has 20 heavy (non-hydrogen) atoms. The number of nitro benzene ring substituents is 1. The smallest absolute Gasteiger partial charge is 0.294 e. The van der Waals surface area contributed by atoms with Gasteiger partial charge in [0.1, 0.15) is 5.69 Å². The van der Waals surface area contributed by atoms with Gasteiger partial charge in [-0.25, -0.2) is 4.98 Å². The highest BCUT2D eigenvalue weighted by atomic mass is 35.5. The van der Waals surface area contributed by atoms with Crippen LogP contribution in [0.4, 0.5) is 15.8 Å². The molecule has 0 fully saturated rings. The number of carbonyl (C=O) groups excluding carboxylic acids is 1. The molecule has 0 saturated carbocycles. The molecule has 6 nitrogen and oxygen atoms in total. The number of hydrogen-bond acceptors (Lipinski definition) is 4. The summed E-state index contributed by atoms with van der Waals surface area (Å²) < 4.78 is 12.6. The number of nitro groups is 1. The summed E-state index contributed by atoms with van der Waals surface area (Å²) in [4.78, 5) is 25.4. The summed E-state index contributed by atoms with van der Waals surface area (Å²) in [6.45, 7) is 0. The number of anilines is 1. The van der Waals surface area contributed by atoms with E-state index in [1.165, 1.54) is 18.2 Å². The fourth-order valence-electron chi connectivity index (χ4n) is 1.47. The molecule has 102 valence electrons. The predicted octanol–water partition coefficient (Wildman–Crippen LogP) is 3.03. The number of nitrogens with one attached hydrogen (secondary N) is 1. The van der Waals surface area contributed by atoms with Crippen LogP contribution in [0.5, 0.6) is 0 Å². The normalized spacial score (nSPS) is 10.1. The van der Waals surface area contributed by atoms with Crippen molar-refractivity contribution in [3.8, 4) is 0 Å². The summed E-state index contributed by atoms with van der Waals surface area (Å²) in [7, 11) is 0. The van der Waals surface area contributed by atoms with Crippen molar-refractivity contribution in [2.45, 2.75) is 0 Å². The van der Waals surface area contributed by atoms with Crippen molar-refractivity contribution in [1.82, 2.24) is 4.98 Å². The summed E-state index contributed by atoms with van der Waals surface area (Å²) in [5, 5.41) is 13.4. The first kappa shape index (κ1) is 13.9. The third-order valence-corrected chi connectivity index (χ3v) is 2.63. The number of amides is 1. The summed E-state index contributed by atoms with van der Waals surface area (Å²) >= 11 is 5.66. The van der Waals surface area contributed by atoms with Gasteiger partial charge in [-0.3, -0.25) is 14.9 Å². The maximum absolute atomic E-state index is 12.6. The number of halogens is 2.